The molecular formula is C15H20FN3O2S. The van der Waals surface area contributed by atoms with Gasteiger partial charge in [0.1, 0.15) is 5.82 Å². The number of rotatable bonds is 5. The summed E-state index contributed by atoms with van der Waals surface area (Å²) in [5, 5.41) is 8.89. The Labute approximate surface area is 133 Å². The predicted molar refractivity (Wildman–Crippen MR) is 86.7 cm³/mol. The number of benzene rings is 1. The van der Waals surface area contributed by atoms with Crippen LogP contribution < -0.4 is 16.0 Å². The maximum absolute atomic E-state index is 14.1. The van der Waals surface area contributed by atoms with Crippen molar-refractivity contribution in [3.63, 3.8) is 0 Å². The molecule has 3 rings (SSSR count). The van der Waals surface area contributed by atoms with E-state index in [1.807, 2.05) is 0 Å². The Balaban J connectivity index is 1.55. The molecule has 2 fully saturated rings. The zero-order valence-electron chi connectivity index (χ0n) is 12.2. The van der Waals surface area contributed by atoms with Crippen molar-refractivity contribution in [2.75, 3.05) is 35.4 Å². The first-order valence-corrected chi connectivity index (χ1v) is 8.65. The van der Waals surface area contributed by atoms with Gasteiger partial charge in [0.15, 0.2) is 0 Å². The first-order chi connectivity index (χ1) is 10.7. The van der Waals surface area contributed by atoms with Crippen molar-refractivity contribution in [1.29, 1.82) is 0 Å². The smallest absolute Gasteiger partial charge is 0.242 e. The second-order valence-electron chi connectivity index (χ2n) is 5.47. The number of hydrogen-bond donors (Lipinski definition) is 3. The van der Waals surface area contributed by atoms with Crippen molar-refractivity contribution >= 4 is 29.0 Å². The molecule has 2 aliphatic rings. The van der Waals surface area contributed by atoms with Crippen molar-refractivity contribution in [2.24, 2.45) is 0 Å². The molecule has 0 aliphatic carbocycles. The Morgan fingerprint density at radius 3 is 3.09 bits per heavy atom. The number of nitrogens with one attached hydrogen (secondary N) is 3. The van der Waals surface area contributed by atoms with E-state index in [0.717, 1.165) is 31.1 Å². The van der Waals surface area contributed by atoms with E-state index in [0.29, 0.717) is 17.9 Å². The van der Waals surface area contributed by atoms with Crippen LogP contribution in [0.1, 0.15) is 12.8 Å². The van der Waals surface area contributed by atoms with Gasteiger partial charge in [-0.2, -0.15) is 0 Å². The molecule has 1 aromatic rings. The molecule has 0 aromatic heterocycles. The first kappa shape index (κ1) is 15.6. The zero-order valence-corrected chi connectivity index (χ0v) is 13.0. The third-order valence-corrected chi connectivity index (χ3v) is 4.75. The van der Waals surface area contributed by atoms with Crippen LogP contribution in [0.2, 0.25) is 0 Å². The normalized spacial score (nSPS) is 24.4. The summed E-state index contributed by atoms with van der Waals surface area (Å²) in [7, 11) is 0. The average Bonchev–Trinajstić information content (AvgIpc) is 3.20. The number of thioether (sulfide) groups is 1. The lowest BCUT2D eigenvalue weighted by atomic mass is 10.2. The van der Waals surface area contributed by atoms with Crippen molar-refractivity contribution in [2.45, 2.75) is 25.0 Å². The molecule has 0 radical (unpaired) electrons. The van der Waals surface area contributed by atoms with E-state index in [-0.39, 0.29) is 23.9 Å². The number of carbonyl (C=O) groups is 1. The van der Waals surface area contributed by atoms with Crippen molar-refractivity contribution in [1.82, 2.24) is 5.32 Å². The van der Waals surface area contributed by atoms with Crippen LogP contribution in [0.4, 0.5) is 15.8 Å². The largest absolute Gasteiger partial charge is 0.380 e. The van der Waals surface area contributed by atoms with Gasteiger partial charge in [-0.05, 0) is 31.0 Å². The summed E-state index contributed by atoms with van der Waals surface area (Å²) in [6.07, 6.45) is 2.23. The summed E-state index contributed by atoms with van der Waals surface area (Å²) in [5.74, 6) is 1.03. The van der Waals surface area contributed by atoms with Gasteiger partial charge in [-0.1, -0.05) is 0 Å². The Kier molecular flexibility index (Phi) is 5.17. The molecule has 1 aromatic carbocycles. The lowest BCUT2D eigenvalue weighted by Gasteiger charge is -2.14. The molecule has 2 saturated heterocycles. The Bertz CT molecular complexity index is 532. The van der Waals surface area contributed by atoms with Crippen LogP contribution >= 0.6 is 11.8 Å². The molecule has 2 heterocycles. The highest BCUT2D eigenvalue weighted by Gasteiger charge is 2.22. The zero-order chi connectivity index (χ0) is 15.4. The van der Waals surface area contributed by atoms with E-state index >= 15 is 0 Å². The van der Waals surface area contributed by atoms with Gasteiger partial charge in [-0.25, -0.2) is 4.39 Å². The maximum atomic E-state index is 14.1. The SMILES string of the molecule is O=C(Nc1ccc(NCC2CCCO2)c(F)c1)C1CSCN1. The van der Waals surface area contributed by atoms with Gasteiger partial charge in [0.2, 0.25) is 5.91 Å². The highest BCUT2D eigenvalue weighted by Crippen LogP contribution is 2.21. The van der Waals surface area contributed by atoms with Crippen LogP contribution in [0.3, 0.4) is 0 Å². The number of anilines is 2. The van der Waals surface area contributed by atoms with Gasteiger partial charge in [0.25, 0.3) is 0 Å². The van der Waals surface area contributed by atoms with Crippen molar-refractivity contribution < 1.29 is 13.9 Å². The predicted octanol–water partition coefficient (Wildman–Crippen LogP) is 2.02. The molecule has 120 valence electrons. The summed E-state index contributed by atoms with van der Waals surface area (Å²) in [6, 6.07) is 4.50. The van der Waals surface area contributed by atoms with Gasteiger partial charge in [0.05, 0.1) is 17.8 Å². The molecule has 2 atom stereocenters. The quantitative estimate of drug-likeness (QED) is 0.773. The van der Waals surface area contributed by atoms with Crippen LogP contribution in [0.25, 0.3) is 0 Å². The summed E-state index contributed by atoms with van der Waals surface area (Å²) < 4.78 is 19.6. The molecule has 22 heavy (non-hydrogen) atoms. The first-order valence-electron chi connectivity index (χ1n) is 7.49. The summed E-state index contributed by atoms with van der Waals surface area (Å²) >= 11 is 1.68. The van der Waals surface area contributed by atoms with Gasteiger partial charge < -0.3 is 15.4 Å². The Morgan fingerprint density at radius 1 is 1.50 bits per heavy atom. The van der Waals surface area contributed by atoms with Crippen LogP contribution in [0.15, 0.2) is 18.2 Å². The van der Waals surface area contributed by atoms with E-state index in [4.69, 9.17) is 4.74 Å². The number of carbonyl (C=O) groups excluding carboxylic acids is 1. The van der Waals surface area contributed by atoms with E-state index in [1.54, 1.807) is 23.9 Å². The molecule has 7 heteroatoms. The topological polar surface area (TPSA) is 62.4 Å². The molecule has 0 spiro atoms. The summed E-state index contributed by atoms with van der Waals surface area (Å²) in [4.78, 5) is 12.0. The second-order valence-corrected chi connectivity index (χ2v) is 6.50. The summed E-state index contributed by atoms with van der Waals surface area (Å²) in [6.45, 7) is 1.39. The van der Waals surface area contributed by atoms with E-state index < -0.39 is 0 Å². The minimum atomic E-state index is -0.371. The second kappa shape index (κ2) is 7.30. The van der Waals surface area contributed by atoms with Crippen LogP contribution in [0.5, 0.6) is 0 Å². The van der Waals surface area contributed by atoms with Crippen LogP contribution in [-0.2, 0) is 9.53 Å². The van der Waals surface area contributed by atoms with E-state index in [2.05, 4.69) is 16.0 Å². The highest BCUT2D eigenvalue weighted by atomic mass is 32.2. The van der Waals surface area contributed by atoms with E-state index in [1.165, 1.54) is 6.07 Å². The lowest BCUT2D eigenvalue weighted by molar-refractivity contribution is -0.117. The third-order valence-electron chi connectivity index (χ3n) is 3.81. The fourth-order valence-corrected chi connectivity index (χ4v) is 3.50. The third kappa shape index (κ3) is 3.91. The molecule has 2 aliphatic heterocycles. The number of amides is 1. The standard InChI is InChI=1S/C15H20FN3O2S/c16-12-6-10(19-15(20)14-8-22-9-18-14)3-4-13(12)17-7-11-2-1-5-21-11/h3-4,6,11,14,17-18H,1-2,5,7-9H2,(H,19,20). The Hall–Kier alpha value is -1.31. The highest BCUT2D eigenvalue weighted by molar-refractivity contribution is 7.99. The number of halogens is 1. The van der Waals surface area contributed by atoms with Gasteiger partial charge in [-0.15, -0.1) is 11.8 Å². The van der Waals surface area contributed by atoms with Gasteiger partial charge in [0, 0.05) is 30.5 Å². The van der Waals surface area contributed by atoms with Gasteiger partial charge in [-0.3, -0.25) is 10.1 Å². The van der Waals surface area contributed by atoms with Crippen LogP contribution in [-0.4, -0.2) is 42.8 Å². The van der Waals surface area contributed by atoms with Crippen LogP contribution in [0, 0.1) is 5.82 Å². The average molecular weight is 325 g/mol. The number of ether oxygens (including phenoxy) is 1. The molecular weight excluding hydrogens is 305 g/mol. The molecule has 1 amide bonds. The molecule has 0 saturated carbocycles. The van der Waals surface area contributed by atoms with Crippen molar-refractivity contribution in [3.05, 3.63) is 24.0 Å². The van der Waals surface area contributed by atoms with Crippen molar-refractivity contribution in [3.8, 4) is 0 Å². The maximum Gasteiger partial charge on any atom is 0.242 e. The molecule has 3 N–H and O–H groups in total. The molecule has 0 bridgehead atoms. The fraction of sp³-hybridized carbons (Fsp3) is 0.533. The minimum Gasteiger partial charge on any atom is -0.380 e. The minimum absolute atomic E-state index is 0.121. The molecule has 5 nitrogen and oxygen atoms in total. The number of hydrogen-bond acceptors (Lipinski definition) is 5. The van der Waals surface area contributed by atoms with E-state index in [9.17, 15) is 9.18 Å². The monoisotopic (exact) mass is 325 g/mol. The fourth-order valence-electron chi connectivity index (χ4n) is 2.56. The lowest BCUT2D eigenvalue weighted by Crippen LogP contribution is -2.37. The molecule has 2 unspecified atom stereocenters. The Morgan fingerprint density at radius 2 is 2.41 bits per heavy atom. The summed E-state index contributed by atoms with van der Waals surface area (Å²) in [5.41, 5.74) is 0.909. The van der Waals surface area contributed by atoms with Gasteiger partial charge >= 0.3 is 0 Å².